The van der Waals surface area contributed by atoms with E-state index in [2.05, 4.69) is 12.2 Å². The van der Waals surface area contributed by atoms with E-state index < -0.39 is 11.2 Å². The monoisotopic (exact) mass is 250 g/mol. The molecular weight excluding hydrogens is 231 g/mol. The number of halogens is 1. The van der Waals surface area contributed by atoms with Gasteiger partial charge in [0.15, 0.2) is 0 Å². The van der Waals surface area contributed by atoms with Crippen LogP contribution in [0.15, 0.2) is 18.2 Å². The number of hydrogen-bond donors (Lipinski definition) is 2. The Labute approximate surface area is 107 Å². The average Bonchev–Trinajstić information content (AvgIpc) is 2.28. The van der Waals surface area contributed by atoms with Gasteiger partial charge in [-0.05, 0) is 43.4 Å². The van der Waals surface area contributed by atoms with Crippen molar-refractivity contribution in [2.45, 2.75) is 26.7 Å². The summed E-state index contributed by atoms with van der Waals surface area (Å²) in [6, 6.07) is 4.78. The summed E-state index contributed by atoms with van der Waals surface area (Å²) >= 11 is 0. The number of amides is 1. The lowest BCUT2D eigenvalue weighted by atomic mass is 9.62. The maximum absolute atomic E-state index is 13.7. The van der Waals surface area contributed by atoms with Gasteiger partial charge in [0, 0.05) is 6.54 Å². The Kier molecular flexibility index (Phi) is 3.39. The molecule has 0 heterocycles. The number of nitrogens with one attached hydrogen (secondary N) is 1. The van der Waals surface area contributed by atoms with Crippen LogP contribution in [-0.4, -0.2) is 12.5 Å². The molecule has 0 radical (unpaired) electrons. The van der Waals surface area contributed by atoms with Gasteiger partial charge in [0.1, 0.15) is 5.82 Å². The van der Waals surface area contributed by atoms with Gasteiger partial charge in [-0.3, -0.25) is 4.79 Å². The molecular formula is C14H19FN2O. The first-order valence-corrected chi connectivity index (χ1v) is 6.24. The Balaban J connectivity index is 2.11. The SMILES string of the molecule is Cc1ccc(NC(=O)C2(CN)CC(C)C2)c(F)c1. The summed E-state index contributed by atoms with van der Waals surface area (Å²) in [6.07, 6.45) is 1.56. The van der Waals surface area contributed by atoms with Crippen molar-refractivity contribution >= 4 is 11.6 Å². The Hall–Kier alpha value is -1.42. The number of rotatable bonds is 3. The molecule has 18 heavy (non-hydrogen) atoms. The Morgan fingerprint density at radius 1 is 1.56 bits per heavy atom. The standard InChI is InChI=1S/C14H19FN2O/c1-9-3-4-12(11(15)5-9)17-13(18)14(8-16)6-10(2)7-14/h3-5,10H,6-8,16H2,1-2H3,(H,17,18). The second-order valence-electron chi connectivity index (χ2n) is 5.44. The zero-order chi connectivity index (χ0) is 13.3. The maximum atomic E-state index is 13.7. The smallest absolute Gasteiger partial charge is 0.231 e. The van der Waals surface area contributed by atoms with Crippen LogP contribution < -0.4 is 11.1 Å². The highest BCUT2D eigenvalue weighted by Crippen LogP contribution is 2.45. The van der Waals surface area contributed by atoms with Gasteiger partial charge in [0.05, 0.1) is 11.1 Å². The van der Waals surface area contributed by atoms with Crippen molar-refractivity contribution in [3.63, 3.8) is 0 Å². The summed E-state index contributed by atoms with van der Waals surface area (Å²) in [6.45, 7) is 4.22. The Bertz CT molecular complexity index is 467. The predicted octanol–water partition coefficient (Wildman–Crippen LogP) is 2.45. The van der Waals surface area contributed by atoms with E-state index in [-0.39, 0.29) is 11.6 Å². The molecule has 1 aliphatic carbocycles. The number of anilines is 1. The molecule has 1 aromatic carbocycles. The lowest BCUT2D eigenvalue weighted by molar-refractivity contribution is -0.132. The summed E-state index contributed by atoms with van der Waals surface area (Å²) < 4.78 is 13.7. The molecule has 0 aromatic heterocycles. The molecule has 1 saturated carbocycles. The molecule has 4 heteroatoms. The molecule has 0 atom stereocenters. The number of carbonyl (C=O) groups is 1. The van der Waals surface area contributed by atoms with E-state index in [9.17, 15) is 9.18 Å². The number of hydrogen-bond acceptors (Lipinski definition) is 2. The van der Waals surface area contributed by atoms with Gasteiger partial charge < -0.3 is 11.1 Å². The first kappa shape index (κ1) is 13.0. The van der Waals surface area contributed by atoms with Gasteiger partial charge in [0.25, 0.3) is 0 Å². The third-order valence-corrected chi connectivity index (χ3v) is 3.72. The lowest BCUT2D eigenvalue weighted by Gasteiger charge is -2.44. The molecule has 0 saturated heterocycles. The van der Waals surface area contributed by atoms with Crippen molar-refractivity contribution in [3.8, 4) is 0 Å². The summed E-state index contributed by atoms with van der Waals surface area (Å²) in [4.78, 5) is 12.2. The van der Waals surface area contributed by atoms with E-state index in [1.54, 1.807) is 12.1 Å². The predicted molar refractivity (Wildman–Crippen MR) is 69.7 cm³/mol. The van der Waals surface area contributed by atoms with Crippen LogP contribution in [0.4, 0.5) is 10.1 Å². The van der Waals surface area contributed by atoms with Gasteiger partial charge in [-0.15, -0.1) is 0 Å². The van der Waals surface area contributed by atoms with Gasteiger partial charge in [0.2, 0.25) is 5.91 Å². The number of benzene rings is 1. The Morgan fingerprint density at radius 3 is 2.72 bits per heavy atom. The van der Waals surface area contributed by atoms with E-state index in [0.29, 0.717) is 12.5 Å². The summed E-state index contributed by atoms with van der Waals surface area (Å²) in [5, 5.41) is 2.66. The highest BCUT2D eigenvalue weighted by atomic mass is 19.1. The van der Waals surface area contributed by atoms with Crippen molar-refractivity contribution in [2.75, 3.05) is 11.9 Å². The normalized spacial score (nSPS) is 26.6. The second-order valence-corrected chi connectivity index (χ2v) is 5.44. The molecule has 0 bridgehead atoms. The quantitative estimate of drug-likeness (QED) is 0.865. The number of carbonyl (C=O) groups excluding carboxylic acids is 1. The van der Waals surface area contributed by atoms with Crippen molar-refractivity contribution in [2.24, 2.45) is 17.1 Å². The molecule has 2 rings (SSSR count). The minimum atomic E-state index is -0.503. The van der Waals surface area contributed by atoms with Crippen LogP contribution in [0, 0.1) is 24.1 Å². The third-order valence-electron chi connectivity index (χ3n) is 3.72. The zero-order valence-corrected chi connectivity index (χ0v) is 10.8. The maximum Gasteiger partial charge on any atom is 0.231 e. The highest BCUT2D eigenvalue weighted by molar-refractivity contribution is 5.96. The van der Waals surface area contributed by atoms with Crippen LogP contribution in [0.5, 0.6) is 0 Å². The minimum Gasteiger partial charge on any atom is -0.329 e. The Morgan fingerprint density at radius 2 is 2.22 bits per heavy atom. The molecule has 1 amide bonds. The van der Waals surface area contributed by atoms with Gasteiger partial charge >= 0.3 is 0 Å². The van der Waals surface area contributed by atoms with Crippen molar-refractivity contribution in [1.82, 2.24) is 0 Å². The molecule has 3 nitrogen and oxygen atoms in total. The topological polar surface area (TPSA) is 55.1 Å². The van der Waals surface area contributed by atoms with Crippen molar-refractivity contribution < 1.29 is 9.18 Å². The molecule has 98 valence electrons. The van der Waals surface area contributed by atoms with Gasteiger partial charge in [-0.2, -0.15) is 0 Å². The number of aryl methyl sites for hydroxylation is 1. The fourth-order valence-corrected chi connectivity index (χ4v) is 2.70. The second kappa shape index (κ2) is 4.69. The summed E-state index contributed by atoms with van der Waals surface area (Å²) in [5.41, 5.74) is 6.25. The minimum absolute atomic E-state index is 0.161. The fraction of sp³-hybridized carbons (Fsp3) is 0.500. The molecule has 0 spiro atoms. The summed E-state index contributed by atoms with van der Waals surface area (Å²) in [5.74, 6) is -0.0455. The fourth-order valence-electron chi connectivity index (χ4n) is 2.70. The first-order chi connectivity index (χ1) is 8.47. The van der Waals surface area contributed by atoms with Crippen LogP contribution in [0.25, 0.3) is 0 Å². The van der Waals surface area contributed by atoms with Crippen molar-refractivity contribution in [1.29, 1.82) is 0 Å². The molecule has 0 aliphatic heterocycles. The van der Waals surface area contributed by atoms with Gasteiger partial charge in [-0.1, -0.05) is 13.0 Å². The third kappa shape index (κ3) is 2.25. The van der Waals surface area contributed by atoms with E-state index in [4.69, 9.17) is 5.73 Å². The number of nitrogens with two attached hydrogens (primary N) is 1. The molecule has 3 N–H and O–H groups in total. The lowest BCUT2D eigenvalue weighted by Crippen LogP contribution is -2.51. The van der Waals surface area contributed by atoms with Crippen LogP contribution in [0.2, 0.25) is 0 Å². The zero-order valence-electron chi connectivity index (χ0n) is 10.8. The van der Waals surface area contributed by atoms with E-state index in [0.717, 1.165) is 18.4 Å². The van der Waals surface area contributed by atoms with Crippen LogP contribution >= 0.6 is 0 Å². The molecule has 0 unspecified atom stereocenters. The van der Waals surface area contributed by atoms with E-state index in [1.807, 2.05) is 6.92 Å². The highest BCUT2D eigenvalue weighted by Gasteiger charge is 2.47. The van der Waals surface area contributed by atoms with Crippen LogP contribution in [0.3, 0.4) is 0 Å². The molecule has 1 aromatic rings. The molecule has 1 aliphatic rings. The van der Waals surface area contributed by atoms with Gasteiger partial charge in [-0.25, -0.2) is 4.39 Å². The van der Waals surface area contributed by atoms with Crippen LogP contribution in [0.1, 0.15) is 25.3 Å². The first-order valence-electron chi connectivity index (χ1n) is 6.24. The van der Waals surface area contributed by atoms with E-state index >= 15 is 0 Å². The van der Waals surface area contributed by atoms with E-state index in [1.165, 1.54) is 6.07 Å². The van der Waals surface area contributed by atoms with Crippen LogP contribution in [-0.2, 0) is 4.79 Å². The molecule has 1 fully saturated rings. The van der Waals surface area contributed by atoms with Crippen molar-refractivity contribution in [3.05, 3.63) is 29.6 Å². The summed E-state index contributed by atoms with van der Waals surface area (Å²) in [7, 11) is 0. The largest absolute Gasteiger partial charge is 0.329 e. The average molecular weight is 250 g/mol.